The van der Waals surface area contributed by atoms with Crippen LogP contribution in [-0.2, 0) is 26.0 Å². The van der Waals surface area contributed by atoms with Crippen molar-refractivity contribution in [1.82, 2.24) is 4.98 Å². The van der Waals surface area contributed by atoms with E-state index in [4.69, 9.17) is 10.5 Å². The number of rotatable bonds is 7. The van der Waals surface area contributed by atoms with Gasteiger partial charge in [0.1, 0.15) is 17.4 Å². The van der Waals surface area contributed by atoms with Crippen LogP contribution in [0.1, 0.15) is 41.4 Å². The first-order valence-corrected chi connectivity index (χ1v) is 7.97. The fourth-order valence-corrected chi connectivity index (χ4v) is 2.96. The minimum Gasteiger partial charge on any atom is -0.486 e. The second-order valence-electron chi connectivity index (χ2n) is 4.72. The molecule has 0 aliphatic rings. The number of nitrogens with two attached hydrogens (primary N) is 1. The molecule has 1 aromatic carbocycles. The summed E-state index contributed by atoms with van der Waals surface area (Å²) in [6.07, 6.45) is 3.14. The molecule has 0 radical (unpaired) electrons. The molecule has 3 nitrogen and oxygen atoms in total. The predicted octanol–water partition coefficient (Wildman–Crippen LogP) is 3.70. The van der Waals surface area contributed by atoms with Crippen LogP contribution in [0.2, 0.25) is 0 Å². The summed E-state index contributed by atoms with van der Waals surface area (Å²) in [5, 5.41) is 1.01. The summed E-state index contributed by atoms with van der Waals surface area (Å²) in [7, 11) is 0. The quantitative estimate of drug-likeness (QED) is 0.846. The van der Waals surface area contributed by atoms with Crippen LogP contribution in [0, 0.1) is 0 Å². The first-order valence-electron chi connectivity index (χ1n) is 7.16. The molecule has 0 saturated carbocycles. The van der Waals surface area contributed by atoms with Crippen molar-refractivity contribution >= 4 is 11.3 Å². The molecule has 0 saturated heterocycles. The fraction of sp³-hybridized carbons (Fsp3) is 0.438. The molecule has 0 unspecified atom stereocenters. The number of hydrogen-bond donors (Lipinski definition) is 1. The van der Waals surface area contributed by atoms with Gasteiger partial charge in [-0.15, -0.1) is 11.3 Å². The number of hydrogen-bond acceptors (Lipinski definition) is 4. The number of benzene rings is 1. The van der Waals surface area contributed by atoms with Gasteiger partial charge in [-0.05, 0) is 30.5 Å². The molecule has 0 aliphatic heterocycles. The molecule has 20 heavy (non-hydrogen) atoms. The topological polar surface area (TPSA) is 48.1 Å². The van der Waals surface area contributed by atoms with Gasteiger partial charge in [0, 0.05) is 11.4 Å². The van der Waals surface area contributed by atoms with Gasteiger partial charge in [0.05, 0.1) is 5.69 Å². The number of aryl methyl sites for hydroxylation is 2. The molecule has 0 aliphatic carbocycles. The molecule has 2 aromatic rings. The SMILES string of the molecule is CCCc1nc(COc2ccc(CC)cc2)sc1CN. The summed E-state index contributed by atoms with van der Waals surface area (Å²) in [5.41, 5.74) is 8.22. The van der Waals surface area contributed by atoms with Crippen LogP contribution >= 0.6 is 11.3 Å². The zero-order valence-corrected chi connectivity index (χ0v) is 13.0. The highest BCUT2D eigenvalue weighted by Gasteiger charge is 2.09. The van der Waals surface area contributed by atoms with Gasteiger partial charge in [-0.1, -0.05) is 32.4 Å². The highest BCUT2D eigenvalue weighted by Crippen LogP contribution is 2.21. The molecular weight excluding hydrogens is 268 g/mol. The summed E-state index contributed by atoms with van der Waals surface area (Å²) >= 11 is 1.67. The smallest absolute Gasteiger partial charge is 0.140 e. The van der Waals surface area contributed by atoms with Crippen LogP contribution in [0.25, 0.3) is 0 Å². The highest BCUT2D eigenvalue weighted by atomic mass is 32.1. The van der Waals surface area contributed by atoms with E-state index in [0.29, 0.717) is 13.2 Å². The van der Waals surface area contributed by atoms with E-state index < -0.39 is 0 Å². The van der Waals surface area contributed by atoms with Crippen molar-refractivity contribution in [2.24, 2.45) is 5.73 Å². The Morgan fingerprint density at radius 2 is 1.95 bits per heavy atom. The van der Waals surface area contributed by atoms with E-state index in [9.17, 15) is 0 Å². The third-order valence-electron chi connectivity index (χ3n) is 3.19. The van der Waals surface area contributed by atoms with Crippen molar-refractivity contribution in [3.63, 3.8) is 0 Å². The minimum absolute atomic E-state index is 0.521. The lowest BCUT2D eigenvalue weighted by Gasteiger charge is -2.04. The van der Waals surface area contributed by atoms with Gasteiger partial charge in [-0.2, -0.15) is 0 Å². The van der Waals surface area contributed by atoms with Gasteiger partial charge in [0.2, 0.25) is 0 Å². The molecule has 1 aromatic heterocycles. The molecule has 2 rings (SSSR count). The Balaban J connectivity index is 1.99. The summed E-state index contributed by atoms with van der Waals surface area (Å²) in [6.45, 7) is 5.39. The lowest BCUT2D eigenvalue weighted by atomic mass is 10.2. The summed E-state index contributed by atoms with van der Waals surface area (Å²) < 4.78 is 5.79. The van der Waals surface area contributed by atoms with Crippen LogP contribution in [0.4, 0.5) is 0 Å². The summed E-state index contributed by atoms with van der Waals surface area (Å²) in [5.74, 6) is 0.892. The zero-order valence-electron chi connectivity index (χ0n) is 12.2. The number of aromatic nitrogens is 1. The molecule has 0 spiro atoms. The van der Waals surface area contributed by atoms with E-state index in [0.717, 1.165) is 35.7 Å². The average molecular weight is 290 g/mol. The third kappa shape index (κ3) is 3.81. The van der Waals surface area contributed by atoms with Crippen molar-refractivity contribution in [2.45, 2.75) is 46.3 Å². The van der Waals surface area contributed by atoms with Crippen molar-refractivity contribution in [3.05, 3.63) is 45.4 Å². The monoisotopic (exact) mass is 290 g/mol. The van der Waals surface area contributed by atoms with Gasteiger partial charge >= 0.3 is 0 Å². The van der Waals surface area contributed by atoms with E-state index in [1.165, 1.54) is 10.4 Å². The fourth-order valence-electron chi connectivity index (χ4n) is 2.06. The van der Waals surface area contributed by atoms with Gasteiger partial charge in [0.25, 0.3) is 0 Å². The second kappa shape index (κ2) is 7.41. The van der Waals surface area contributed by atoms with Crippen molar-refractivity contribution in [1.29, 1.82) is 0 Å². The maximum absolute atomic E-state index is 5.79. The molecule has 108 valence electrons. The minimum atomic E-state index is 0.521. The number of nitrogens with zero attached hydrogens (tertiary/aromatic N) is 1. The lowest BCUT2D eigenvalue weighted by molar-refractivity contribution is 0.305. The van der Waals surface area contributed by atoms with Crippen LogP contribution < -0.4 is 10.5 Å². The first kappa shape index (κ1) is 15.0. The predicted molar refractivity (Wildman–Crippen MR) is 84.2 cm³/mol. The average Bonchev–Trinajstić information content (AvgIpc) is 2.88. The van der Waals surface area contributed by atoms with Crippen molar-refractivity contribution < 1.29 is 4.74 Å². The molecule has 2 N–H and O–H groups in total. The Morgan fingerprint density at radius 3 is 2.55 bits per heavy atom. The Hall–Kier alpha value is -1.39. The van der Waals surface area contributed by atoms with E-state index in [1.54, 1.807) is 11.3 Å². The Labute approximate surface area is 124 Å². The molecular formula is C16H22N2OS. The van der Waals surface area contributed by atoms with E-state index in [2.05, 4.69) is 31.0 Å². The maximum atomic E-state index is 5.79. The normalized spacial score (nSPS) is 10.8. The van der Waals surface area contributed by atoms with Gasteiger partial charge in [-0.3, -0.25) is 0 Å². The Bertz CT molecular complexity index is 534. The van der Waals surface area contributed by atoms with Crippen LogP contribution in [0.3, 0.4) is 0 Å². The zero-order chi connectivity index (χ0) is 14.4. The second-order valence-corrected chi connectivity index (χ2v) is 5.89. The van der Waals surface area contributed by atoms with E-state index in [1.807, 2.05) is 12.1 Å². The lowest BCUT2D eigenvalue weighted by Crippen LogP contribution is -1.98. The number of ether oxygens (including phenoxy) is 1. The molecule has 0 atom stereocenters. The van der Waals surface area contributed by atoms with Crippen LogP contribution in [0.5, 0.6) is 5.75 Å². The summed E-state index contributed by atoms with van der Waals surface area (Å²) in [4.78, 5) is 5.82. The van der Waals surface area contributed by atoms with Gasteiger partial charge in [0.15, 0.2) is 0 Å². The molecule has 4 heteroatoms. The van der Waals surface area contributed by atoms with Crippen LogP contribution in [0.15, 0.2) is 24.3 Å². The first-order chi connectivity index (χ1) is 9.76. The molecule has 0 amide bonds. The molecule has 1 heterocycles. The van der Waals surface area contributed by atoms with Crippen molar-refractivity contribution in [2.75, 3.05) is 0 Å². The largest absolute Gasteiger partial charge is 0.486 e. The standard InChI is InChI=1S/C16H22N2OS/c1-3-5-14-15(10-17)20-16(18-14)11-19-13-8-6-12(4-2)7-9-13/h6-9H,3-5,10-11,17H2,1-2H3. The van der Waals surface area contributed by atoms with Gasteiger partial charge in [-0.25, -0.2) is 4.98 Å². The van der Waals surface area contributed by atoms with Gasteiger partial charge < -0.3 is 10.5 Å². The van der Waals surface area contributed by atoms with Crippen LogP contribution in [-0.4, -0.2) is 4.98 Å². The molecule has 0 bridgehead atoms. The van der Waals surface area contributed by atoms with E-state index in [-0.39, 0.29) is 0 Å². The maximum Gasteiger partial charge on any atom is 0.140 e. The van der Waals surface area contributed by atoms with Crippen molar-refractivity contribution in [3.8, 4) is 5.75 Å². The Kier molecular flexibility index (Phi) is 5.56. The number of thiazole rings is 1. The molecule has 0 fully saturated rings. The third-order valence-corrected chi connectivity index (χ3v) is 4.28. The highest BCUT2D eigenvalue weighted by molar-refractivity contribution is 7.11. The van der Waals surface area contributed by atoms with E-state index >= 15 is 0 Å². The Morgan fingerprint density at radius 1 is 1.20 bits per heavy atom. The summed E-state index contributed by atoms with van der Waals surface area (Å²) in [6, 6.07) is 8.24.